The van der Waals surface area contributed by atoms with E-state index in [4.69, 9.17) is 9.15 Å². The van der Waals surface area contributed by atoms with Gasteiger partial charge in [-0.25, -0.2) is 4.68 Å². The van der Waals surface area contributed by atoms with Crippen molar-refractivity contribution in [2.24, 2.45) is 0 Å². The number of hydrogen-bond acceptors (Lipinski definition) is 4. The molecule has 0 bridgehead atoms. The van der Waals surface area contributed by atoms with Crippen LogP contribution in [-0.2, 0) is 0 Å². The first kappa shape index (κ1) is 18.6. The van der Waals surface area contributed by atoms with Crippen molar-refractivity contribution in [3.05, 3.63) is 96.0 Å². The van der Waals surface area contributed by atoms with Gasteiger partial charge in [-0.2, -0.15) is 5.10 Å². The predicted molar refractivity (Wildman–Crippen MR) is 109 cm³/mol. The second-order valence-corrected chi connectivity index (χ2v) is 6.66. The van der Waals surface area contributed by atoms with Crippen molar-refractivity contribution in [3.63, 3.8) is 0 Å². The molecule has 6 heteroatoms. The van der Waals surface area contributed by atoms with Gasteiger partial charge in [-0.3, -0.25) is 4.79 Å². The number of aromatic nitrogens is 2. The highest BCUT2D eigenvalue weighted by Gasteiger charge is 2.19. The number of para-hydroxylation sites is 2. The molecule has 6 nitrogen and oxygen atoms in total. The standard InChI is InChI=1S/C23H21N3O3/c1-16(20-15-24-26(17(20)2)18-9-5-3-6-10-18)25-23(27)21-13-14-22(29-21)28-19-11-7-4-8-12-19/h3-16H,1-2H3,(H,25,27)/t16-/m1/s1. The van der Waals surface area contributed by atoms with Crippen LogP contribution in [0.1, 0.15) is 34.8 Å². The molecule has 0 aliphatic heterocycles. The summed E-state index contributed by atoms with van der Waals surface area (Å²) in [6, 6.07) is 22.1. The first-order valence-corrected chi connectivity index (χ1v) is 9.35. The van der Waals surface area contributed by atoms with Crippen LogP contribution in [0.3, 0.4) is 0 Å². The predicted octanol–water partition coefficient (Wildman–Crippen LogP) is 5.06. The summed E-state index contributed by atoms with van der Waals surface area (Å²) in [6.07, 6.45) is 1.78. The van der Waals surface area contributed by atoms with Gasteiger partial charge in [-0.1, -0.05) is 36.4 Å². The van der Waals surface area contributed by atoms with Crippen LogP contribution in [0.5, 0.6) is 11.7 Å². The van der Waals surface area contributed by atoms with Gasteiger partial charge in [0, 0.05) is 17.3 Å². The third-order valence-electron chi connectivity index (χ3n) is 4.63. The fourth-order valence-electron chi connectivity index (χ4n) is 3.12. The molecule has 0 aliphatic rings. The van der Waals surface area contributed by atoms with Crippen LogP contribution >= 0.6 is 0 Å². The highest BCUT2D eigenvalue weighted by Crippen LogP contribution is 2.24. The highest BCUT2D eigenvalue weighted by molar-refractivity contribution is 5.91. The molecule has 146 valence electrons. The van der Waals surface area contributed by atoms with E-state index in [1.54, 1.807) is 18.3 Å². The minimum atomic E-state index is -0.313. The van der Waals surface area contributed by atoms with Crippen LogP contribution in [0.4, 0.5) is 0 Å². The Kier molecular flexibility index (Phi) is 5.16. The summed E-state index contributed by atoms with van der Waals surface area (Å²) in [5.74, 6) is 0.788. The molecule has 2 heterocycles. The Morgan fingerprint density at radius 1 is 1.03 bits per heavy atom. The lowest BCUT2D eigenvalue weighted by molar-refractivity contribution is 0.0907. The number of rotatable bonds is 6. The monoisotopic (exact) mass is 387 g/mol. The van der Waals surface area contributed by atoms with Crippen molar-refractivity contribution >= 4 is 5.91 Å². The normalized spacial score (nSPS) is 11.8. The zero-order valence-electron chi connectivity index (χ0n) is 16.2. The average Bonchev–Trinajstić information content (AvgIpc) is 3.36. The summed E-state index contributed by atoms with van der Waals surface area (Å²) in [6.45, 7) is 3.90. The molecule has 0 radical (unpaired) electrons. The minimum Gasteiger partial charge on any atom is -0.426 e. The number of hydrogen-bond donors (Lipinski definition) is 1. The van der Waals surface area contributed by atoms with E-state index in [0.717, 1.165) is 16.9 Å². The second kappa shape index (κ2) is 8.06. The molecule has 0 fully saturated rings. The van der Waals surface area contributed by atoms with E-state index >= 15 is 0 Å². The van der Waals surface area contributed by atoms with Crippen LogP contribution in [0, 0.1) is 6.92 Å². The van der Waals surface area contributed by atoms with Crippen LogP contribution in [0.15, 0.2) is 83.4 Å². The molecule has 1 amide bonds. The Labute approximate surface area is 168 Å². The zero-order chi connectivity index (χ0) is 20.2. The molecule has 4 aromatic rings. The van der Waals surface area contributed by atoms with E-state index in [0.29, 0.717) is 5.75 Å². The Hall–Kier alpha value is -3.80. The minimum absolute atomic E-state index is 0.191. The first-order valence-electron chi connectivity index (χ1n) is 9.35. The number of furan rings is 1. The number of carbonyl (C=O) groups is 1. The Morgan fingerprint density at radius 2 is 1.72 bits per heavy atom. The number of benzene rings is 2. The van der Waals surface area contributed by atoms with E-state index in [-0.39, 0.29) is 23.7 Å². The maximum absolute atomic E-state index is 12.6. The molecule has 0 unspecified atom stereocenters. The number of carbonyl (C=O) groups excluding carboxylic acids is 1. The molecule has 29 heavy (non-hydrogen) atoms. The van der Waals surface area contributed by atoms with Crippen molar-refractivity contribution in [2.75, 3.05) is 0 Å². The summed E-state index contributed by atoms with van der Waals surface area (Å²) >= 11 is 0. The topological polar surface area (TPSA) is 69.3 Å². The van der Waals surface area contributed by atoms with E-state index in [1.807, 2.05) is 79.2 Å². The van der Waals surface area contributed by atoms with E-state index in [9.17, 15) is 4.79 Å². The lowest BCUT2D eigenvalue weighted by atomic mass is 10.1. The van der Waals surface area contributed by atoms with Crippen molar-refractivity contribution in [2.45, 2.75) is 19.9 Å². The maximum atomic E-state index is 12.6. The third kappa shape index (κ3) is 4.06. The van der Waals surface area contributed by atoms with E-state index < -0.39 is 0 Å². The lowest BCUT2D eigenvalue weighted by Gasteiger charge is -2.13. The molecule has 4 rings (SSSR count). The van der Waals surface area contributed by atoms with Gasteiger partial charge in [-0.05, 0) is 44.2 Å². The van der Waals surface area contributed by atoms with E-state index in [2.05, 4.69) is 10.4 Å². The molecule has 1 N–H and O–H groups in total. The molecule has 0 saturated carbocycles. The maximum Gasteiger partial charge on any atom is 0.290 e. The van der Waals surface area contributed by atoms with Gasteiger partial charge in [0.25, 0.3) is 11.9 Å². The summed E-state index contributed by atoms with van der Waals surface area (Å²) in [4.78, 5) is 12.6. The lowest BCUT2D eigenvalue weighted by Crippen LogP contribution is -2.26. The molecule has 2 aromatic heterocycles. The van der Waals surface area contributed by atoms with E-state index in [1.165, 1.54) is 0 Å². The van der Waals surface area contributed by atoms with Crippen molar-refractivity contribution in [1.82, 2.24) is 15.1 Å². The van der Waals surface area contributed by atoms with Crippen molar-refractivity contribution in [1.29, 1.82) is 0 Å². The van der Waals surface area contributed by atoms with Gasteiger partial charge >= 0.3 is 0 Å². The molecule has 2 aromatic carbocycles. The summed E-state index contributed by atoms with van der Waals surface area (Å²) < 4.78 is 13.0. The number of nitrogens with zero attached hydrogens (tertiary/aromatic N) is 2. The van der Waals surface area contributed by atoms with Gasteiger partial charge in [0.1, 0.15) is 5.75 Å². The fourth-order valence-corrected chi connectivity index (χ4v) is 3.12. The largest absolute Gasteiger partial charge is 0.426 e. The molecular weight excluding hydrogens is 366 g/mol. The van der Waals surface area contributed by atoms with Gasteiger partial charge in [-0.15, -0.1) is 0 Å². The van der Waals surface area contributed by atoms with Gasteiger partial charge in [0.15, 0.2) is 5.76 Å². The quantitative estimate of drug-likeness (QED) is 0.502. The SMILES string of the molecule is Cc1c([C@@H](C)NC(=O)c2ccc(Oc3ccccc3)o2)cnn1-c1ccccc1. The van der Waals surface area contributed by atoms with Crippen molar-refractivity contribution in [3.8, 4) is 17.4 Å². The van der Waals surface area contributed by atoms with Crippen LogP contribution < -0.4 is 10.1 Å². The van der Waals surface area contributed by atoms with Crippen LogP contribution in [0.25, 0.3) is 5.69 Å². The fraction of sp³-hybridized carbons (Fsp3) is 0.130. The summed E-state index contributed by atoms with van der Waals surface area (Å²) in [5.41, 5.74) is 2.88. The average molecular weight is 387 g/mol. The second-order valence-electron chi connectivity index (χ2n) is 6.66. The highest BCUT2D eigenvalue weighted by atomic mass is 16.6. The Balaban J connectivity index is 1.45. The van der Waals surface area contributed by atoms with Gasteiger partial charge in [0.05, 0.1) is 17.9 Å². The number of ether oxygens (including phenoxy) is 1. The summed E-state index contributed by atoms with van der Waals surface area (Å²) in [5, 5.41) is 7.41. The molecule has 0 aliphatic carbocycles. The van der Waals surface area contributed by atoms with Crippen molar-refractivity contribution < 1.29 is 13.9 Å². The molecular formula is C23H21N3O3. The van der Waals surface area contributed by atoms with Gasteiger partial charge < -0.3 is 14.5 Å². The van der Waals surface area contributed by atoms with Crippen LogP contribution in [0.2, 0.25) is 0 Å². The first-order chi connectivity index (χ1) is 14.1. The smallest absolute Gasteiger partial charge is 0.290 e. The number of nitrogens with one attached hydrogen (secondary N) is 1. The zero-order valence-corrected chi connectivity index (χ0v) is 16.2. The molecule has 0 saturated heterocycles. The molecule has 1 atom stereocenters. The van der Waals surface area contributed by atoms with Gasteiger partial charge in [0.2, 0.25) is 0 Å². The summed E-state index contributed by atoms with van der Waals surface area (Å²) in [7, 11) is 0. The Bertz CT molecular complexity index is 1100. The van der Waals surface area contributed by atoms with Crippen LogP contribution in [-0.4, -0.2) is 15.7 Å². The Morgan fingerprint density at radius 3 is 2.45 bits per heavy atom. The third-order valence-corrected chi connectivity index (χ3v) is 4.63. The number of amides is 1. The molecule has 0 spiro atoms.